The normalized spacial score (nSPS) is 10.7. The SMILES string of the molecule is Cc1cccc(OCCCCNc2ccccc2C(C)C)c1. The molecule has 0 atom stereocenters. The first-order valence-electron chi connectivity index (χ1n) is 8.19. The van der Waals surface area contributed by atoms with Crippen LogP contribution in [0.3, 0.4) is 0 Å². The number of para-hydroxylation sites is 1. The van der Waals surface area contributed by atoms with Crippen molar-refractivity contribution >= 4 is 5.69 Å². The molecule has 0 heterocycles. The van der Waals surface area contributed by atoms with Crippen LogP contribution in [-0.2, 0) is 0 Å². The van der Waals surface area contributed by atoms with Crippen LogP contribution in [0.1, 0.15) is 43.7 Å². The van der Waals surface area contributed by atoms with E-state index in [9.17, 15) is 0 Å². The lowest BCUT2D eigenvalue weighted by atomic mass is 10.0. The number of unbranched alkanes of at least 4 members (excludes halogenated alkanes) is 1. The molecule has 2 heteroatoms. The van der Waals surface area contributed by atoms with Crippen molar-refractivity contribution in [2.45, 2.75) is 39.5 Å². The molecule has 0 spiro atoms. The summed E-state index contributed by atoms with van der Waals surface area (Å²) in [5.74, 6) is 1.52. The highest BCUT2D eigenvalue weighted by Gasteiger charge is 2.04. The Kier molecular flexibility index (Phi) is 6.32. The molecule has 0 saturated heterocycles. The van der Waals surface area contributed by atoms with Crippen LogP contribution in [0.25, 0.3) is 0 Å². The summed E-state index contributed by atoms with van der Waals surface area (Å²) in [6.07, 6.45) is 2.17. The smallest absolute Gasteiger partial charge is 0.119 e. The largest absolute Gasteiger partial charge is 0.494 e. The maximum Gasteiger partial charge on any atom is 0.119 e. The van der Waals surface area contributed by atoms with Gasteiger partial charge in [0.05, 0.1) is 6.61 Å². The monoisotopic (exact) mass is 297 g/mol. The van der Waals surface area contributed by atoms with Gasteiger partial charge in [-0.05, 0) is 55.0 Å². The van der Waals surface area contributed by atoms with Crippen LogP contribution in [0.2, 0.25) is 0 Å². The van der Waals surface area contributed by atoms with Crippen LogP contribution in [0, 0.1) is 6.92 Å². The van der Waals surface area contributed by atoms with Gasteiger partial charge in [0.25, 0.3) is 0 Å². The molecule has 0 bridgehead atoms. The molecule has 0 aliphatic heterocycles. The van der Waals surface area contributed by atoms with Crippen LogP contribution in [0.4, 0.5) is 5.69 Å². The first kappa shape index (κ1) is 16.4. The van der Waals surface area contributed by atoms with Crippen LogP contribution in [-0.4, -0.2) is 13.2 Å². The van der Waals surface area contributed by atoms with Crippen LogP contribution in [0.5, 0.6) is 5.75 Å². The Bertz CT molecular complexity index is 577. The minimum atomic E-state index is 0.549. The fraction of sp³-hybridized carbons (Fsp3) is 0.400. The number of rotatable bonds is 8. The van der Waals surface area contributed by atoms with Crippen molar-refractivity contribution in [1.82, 2.24) is 0 Å². The van der Waals surface area contributed by atoms with E-state index in [1.807, 2.05) is 12.1 Å². The molecule has 22 heavy (non-hydrogen) atoms. The molecule has 0 radical (unpaired) electrons. The molecule has 0 saturated carbocycles. The molecule has 118 valence electrons. The van der Waals surface area contributed by atoms with Gasteiger partial charge >= 0.3 is 0 Å². The summed E-state index contributed by atoms with van der Waals surface area (Å²) in [4.78, 5) is 0. The van der Waals surface area contributed by atoms with Gasteiger partial charge in [0.2, 0.25) is 0 Å². The van der Waals surface area contributed by atoms with Crippen molar-refractivity contribution < 1.29 is 4.74 Å². The quantitative estimate of drug-likeness (QED) is 0.660. The number of ether oxygens (including phenoxy) is 1. The van der Waals surface area contributed by atoms with E-state index < -0.39 is 0 Å². The standard InChI is InChI=1S/C20H27NO/c1-16(2)19-11-4-5-12-20(19)21-13-6-7-14-22-18-10-8-9-17(3)15-18/h4-5,8-12,15-16,21H,6-7,13-14H2,1-3H3. The average Bonchev–Trinajstić information content (AvgIpc) is 2.51. The van der Waals surface area contributed by atoms with Crippen molar-refractivity contribution in [3.05, 3.63) is 59.7 Å². The van der Waals surface area contributed by atoms with E-state index in [4.69, 9.17) is 4.74 Å². The Morgan fingerprint density at radius 1 is 1.00 bits per heavy atom. The zero-order valence-electron chi connectivity index (χ0n) is 13.9. The number of anilines is 1. The van der Waals surface area contributed by atoms with E-state index in [1.165, 1.54) is 16.8 Å². The summed E-state index contributed by atoms with van der Waals surface area (Å²) in [5, 5.41) is 3.55. The maximum absolute atomic E-state index is 5.77. The Hall–Kier alpha value is -1.96. The van der Waals surface area contributed by atoms with Gasteiger partial charge in [-0.2, -0.15) is 0 Å². The molecule has 0 aliphatic carbocycles. The lowest BCUT2D eigenvalue weighted by Gasteiger charge is -2.14. The molecule has 0 aliphatic rings. The molecular weight excluding hydrogens is 270 g/mol. The Morgan fingerprint density at radius 2 is 1.82 bits per heavy atom. The highest BCUT2D eigenvalue weighted by atomic mass is 16.5. The van der Waals surface area contributed by atoms with E-state index in [2.05, 4.69) is 62.5 Å². The number of benzene rings is 2. The van der Waals surface area contributed by atoms with Gasteiger partial charge in [0, 0.05) is 12.2 Å². The molecule has 0 unspecified atom stereocenters. The van der Waals surface area contributed by atoms with Crippen molar-refractivity contribution in [2.24, 2.45) is 0 Å². The molecule has 0 aromatic heterocycles. The van der Waals surface area contributed by atoms with Crippen molar-refractivity contribution in [3.8, 4) is 5.75 Å². The molecule has 2 aromatic rings. The summed E-state index contributed by atoms with van der Waals surface area (Å²) in [6.45, 7) is 8.31. The number of hydrogen-bond donors (Lipinski definition) is 1. The van der Waals surface area contributed by atoms with Gasteiger partial charge in [0.1, 0.15) is 5.75 Å². The summed E-state index contributed by atoms with van der Waals surface area (Å²) in [7, 11) is 0. The van der Waals surface area contributed by atoms with Crippen molar-refractivity contribution in [2.75, 3.05) is 18.5 Å². The summed E-state index contributed by atoms with van der Waals surface area (Å²) < 4.78 is 5.77. The maximum atomic E-state index is 5.77. The highest BCUT2D eigenvalue weighted by molar-refractivity contribution is 5.52. The molecule has 2 rings (SSSR count). The van der Waals surface area contributed by atoms with E-state index in [0.717, 1.165) is 31.7 Å². The third-order valence-corrected chi connectivity index (χ3v) is 3.73. The predicted octanol–water partition coefficient (Wildman–Crippen LogP) is 5.39. The second-order valence-corrected chi connectivity index (χ2v) is 6.04. The second-order valence-electron chi connectivity index (χ2n) is 6.04. The topological polar surface area (TPSA) is 21.3 Å². The zero-order valence-corrected chi connectivity index (χ0v) is 13.9. The van der Waals surface area contributed by atoms with Gasteiger partial charge in [-0.25, -0.2) is 0 Å². The lowest BCUT2D eigenvalue weighted by Crippen LogP contribution is -2.07. The van der Waals surface area contributed by atoms with Gasteiger partial charge < -0.3 is 10.1 Å². The predicted molar refractivity (Wildman–Crippen MR) is 94.9 cm³/mol. The third kappa shape index (κ3) is 5.10. The molecule has 1 N–H and O–H groups in total. The average molecular weight is 297 g/mol. The van der Waals surface area contributed by atoms with Crippen molar-refractivity contribution in [1.29, 1.82) is 0 Å². The van der Waals surface area contributed by atoms with E-state index in [0.29, 0.717) is 5.92 Å². The second kappa shape index (κ2) is 8.47. The van der Waals surface area contributed by atoms with Crippen LogP contribution in [0.15, 0.2) is 48.5 Å². The zero-order chi connectivity index (χ0) is 15.8. The Morgan fingerprint density at radius 3 is 2.59 bits per heavy atom. The van der Waals surface area contributed by atoms with Crippen LogP contribution < -0.4 is 10.1 Å². The fourth-order valence-corrected chi connectivity index (χ4v) is 2.51. The Balaban J connectivity index is 1.68. The number of aryl methyl sites for hydroxylation is 1. The first-order chi connectivity index (χ1) is 10.7. The number of nitrogens with one attached hydrogen (secondary N) is 1. The fourth-order valence-electron chi connectivity index (χ4n) is 2.51. The number of hydrogen-bond acceptors (Lipinski definition) is 2. The molecular formula is C20H27NO. The van der Waals surface area contributed by atoms with Crippen molar-refractivity contribution in [3.63, 3.8) is 0 Å². The summed E-state index contributed by atoms with van der Waals surface area (Å²) in [5.41, 5.74) is 3.89. The lowest BCUT2D eigenvalue weighted by molar-refractivity contribution is 0.308. The van der Waals surface area contributed by atoms with Crippen LogP contribution >= 0.6 is 0 Å². The molecule has 0 fully saturated rings. The van der Waals surface area contributed by atoms with Gasteiger partial charge in [-0.15, -0.1) is 0 Å². The van der Waals surface area contributed by atoms with Gasteiger partial charge in [0.15, 0.2) is 0 Å². The Labute approximate surface area is 134 Å². The molecule has 2 aromatic carbocycles. The highest BCUT2D eigenvalue weighted by Crippen LogP contribution is 2.23. The first-order valence-corrected chi connectivity index (χ1v) is 8.19. The van der Waals surface area contributed by atoms with E-state index in [-0.39, 0.29) is 0 Å². The van der Waals surface area contributed by atoms with E-state index in [1.54, 1.807) is 0 Å². The van der Waals surface area contributed by atoms with Gasteiger partial charge in [-0.1, -0.05) is 44.2 Å². The van der Waals surface area contributed by atoms with Gasteiger partial charge in [-0.3, -0.25) is 0 Å². The third-order valence-electron chi connectivity index (χ3n) is 3.73. The summed E-state index contributed by atoms with van der Waals surface area (Å²) in [6, 6.07) is 16.8. The van der Waals surface area contributed by atoms with E-state index >= 15 is 0 Å². The molecule has 0 amide bonds. The molecule has 2 nitrogen and oxygen atoms in total. The summed E-state index contributed by atoms with van der Waals surface area (Å²) >= 11 is 0. The minimum absolute atomic E-state index is 0.549. The minimum Gasteiger partial charge on any atom is -0.494 e.